The van der Waals surface area contributed by atoms with Gasteiger partial charge in [-0.1, -0.05) is 0 Å². The van der Waals surface area contributed by atoms with Crippen LogP contribution in [-0.2, 0) is 19.0 Å². The van der Waals surface area contributed by atoms with Crippen molar-refractivity contribution in [2.75, 3.05) is 20.8 Å². The average molecular weight is 192 g/mol. The van der Waals surface area contributed by atoms with Gasteiger partial charge in [0.15, 0.2) is 0 Å². The van der Waals surface area contributed by atoms with Gasteiger partial charge in [0.05, 0.1) is 6.61 Å². The van der Waals surface area contributed by atoms with Gasteiger partial charge in [0.25, 0.3) is 5.79 Å². The molecule has 0 aromatic rings. The minimum Gasteiger partial charge on any atom is -0.462 e. The third-order valence-electron chi connectivity index (χ3n) is 1.72. The molecule has 0 aromatic carbocycles. The van der Waals surface area contributed by atoms with Gasteiger partial charge < -0.3 is 19.3 Å². The molecule has 0 amide bonds. The maximum atomic E-state index is 11.3. The minimum atomic E-state index is -1.71. The summed E-state index contributed by atoms with van der Waals surface area (Å²) in [5.41, 5.74) is 0. The Kier molecular flexibility index (Phi) is 4.90. The van der Waals surface area contributed by atoms with E-state index in [1.165, 1.54) is 21.1 Å². The lowest BCUT2D eigenvalue weighted by Crippen LogP contribution is -2.52. The highest BCUT2D eigenvalue weighted by Crippen LogP contribution is 2.18. The highest BCUT2D eigenvalue weighted by molar-refractivity contribution is 5.78. The second-order valence-electron chi connectivity index (χ2n) is 2.47. The van der Waals surface area contributed by atoms with Crippen LogP contribution in [-0.4, -0.2) is 43.8 Å². The molecule has 0 saturated carbocycles. The predicted octanol–water partition coefficient (Wildman–Crippen LogP) is -0.0806. The van der Waals surface area contributed by atoms with Gasteiger partial charge in [-0.2, -0.15) is 0 Å². The first kappa shape index (κ1) is 12.3. The fraction of sp³-hybridized carbons (Fsp3) is 0.875. The Balaban J connectivity index is 4.65. The predicted molar refractivity (Wildman–Crippen MR) is 45.1 cm³/mol. The molecule has 0 radical (unpaired) electrons. The van der Waals surface area contributed by atoms with Crippen molar-refractivity contribution in [2.24, 2.45) is 0 Å². The number of carbonyl (C=O) groups is 1. The van der Waals surface area contributed by atoms with Crippen LogP contribution in [0.1, 0.15) is 13.8 Å². The Bertz CT molecular complexity index is 162. The number of ether oxygens (including phenoxy) is 3. The van der Waals surface area contributed by atoms with E-state index in [1.807, 2.05) is 0 Å². The van der Waals surface area contributed by atoms with Gasteiger partial charge in [-0.15, -0.1) is 0 Å². The van der Waals surface area contributed by atoms with Crippen LogP contribution < -0.4 is 0 Å². The van der Waals surface area contributed by atoms with Gasteiger partial charge in [0, 0.05) is 14.2 Å². The quantitative estimate of drug-likeness (QED) is 0.487. The van der Waals surface area contributed by atoms with Crippen molar-refractivity contribution in [3.8, 4) is 0 Å². The number of hydrogen-bond acceptors (Lipinski definition) is 5. The van der Waals surface area contributed by atoms with E-state index in [4.69, 9.17) is 14.2 Å². The molecule has 1 atom stereocenters. The van der Waals surface area contributed by atoms with E-state index in [9.17, 15) is 9.90 Å². The van der Waals surface area contributed by atoms with E-state index >= 15 is 0 Å². The molecule has 13 heavy (non-hydrogen) atoms. The van der Waals surface area contributed by atoms with E-state index in [1.54, 1.807) is 6.92 Å². The van der Waals surface area contributed by atoms with Gasteiger partial charge in [0.2, 0.25) is 0 Å². The first-order chi connectivity index (χ1) is 6.05. The highest BCUT2D eigenvalue weighted by atomic mass is 16.7. The molecule has 78 valence electrons. The molecule has 0 bridgehead atoms. The van der Waals surface area contributed by atoms with Crippen LogP contribution in [0.3, 0.4) is 0 Å². The minimum absolute atomic E-state index is 0.208. The maximum Gasteiger partial charge on any atom is 0.369 e. The average Bonchev–Trinajstić information content (AvgIpc) is 2.07. The summed E-state index contributed by atoms with van der Waals surface area (Å²) in [6.07, 6.45) is -1.10. The monoisotopic (exact) mass is 192 g/mol. The zero-order chi connectivity index (χ0) is 10.5. The summed E-state index contributed by atoms with van der Waals surface area (Å²) in [6, 6.07) is 0. The lowest BCUT2D eigenvalue weighted by Gasteiger charge is -2.30. The third-order valence-corrected chi connectivity index (χ3v) is 1.72. The molecule has 0 aliphatic carbocycles. The number of esters is 1. The van der Waals surface area contributed by atoms with Crippen LogP contribution in [0.5, 0.6) is 0 Å². The lowest BCUT2D eigenvalue weighted by molar-refractivity contribution is -0.259. The zero-order valence-electron chi connectivity index (χ0n) is 8.36. The molecule has 0 saturated heterocycles. The van der Waals surface area contributed by atoms with Crippen molar-refractivity contribution in [1.29, 1.82) is 0 Å². The number of rotatable bonds is 5. The van der Waals surface area contributed by atoms with Crippen molar-refractivity contribution < 1.29 is 24.1 Å². The van der Waals surface area contributed by atoms with Crippen LogP contribution >= 0.6 is 0 Å². The SMILES string of the molecule is CCOC(=O)C(OC)(OC)C(C)O. The Morgan fingerprint density at radius 2 is 1.92 bits per heavy atom. The molecule has 0 spiro atoms. The summed E-state index contributed by atoms with van der Waals surface area (Å²) >= 11 is 0. The second-order valence-corrected chi connectivity index (χ2v) is 2.47. The number of aliphatic hydroxyl groups is 1. The normalized spacial score (nSPS) is 13.9. The molecular formula is C8H16O5. The largest absolute Gasteiger partial charge is 0.462 e. The number of carbonyl (C=O) groups excluding carboxylic acids is 1. The molecule has 0 heterocycles. The van der Waals surface area contributed by atoms with Crippen LogP contribution in [0.4, 0.5) is 0 Å². The summed E-state index contributed by atoms with van der Waals surface area (Å²) in [6.45, 7) is 3.26. The first-order valence-corrected chi connectivity index (χ1v) is 4.00. The molecule has 0 aliphatic rings. The molecule has 0 aliphatic heterocycles. The standard InChI is InChI=1S/C8H16O5/c1-5-13-7(10)8(11-3,12-4)6(2)9/h6,9H,5H2,1-4H3. The molecule has 0 aromatic heterocycles. The highest BCUT2D eigenvalue weighted by Gasteiger charge is 2.45. The van der Waals surface area contributed by atoms with E-state index in [-0.39, 0.29) is 6.61 Å². The third kappa shape index (κ3) is 2.40. The first-order valence-electron chi connectivity index (χ1n) is 4.00. The van der Waals surface area contributed by atoms with Gasteiger partial charge in [0.1, 0.15) is 6.10 Å². The Morgan fingerprint density at radius 1 is 1.46 bits per heavy atom. The topological polar surface area (TPSA) is 65.0 Å². The van der Waals surface area contributed by atoms with Crippen LogP contribution in [0.25, 0.3) is 0 Å². The van der Waals surface area contributed by atoms with E-state index in [0.717, 1.165) is 0 Å². The maximum absolute atomic E-state index is 11.3. The fourth-order valence-electron chi connectivity index (χ4n) is 0.993. The van der Waals surface area contributed by atoms with Gasteiger partial charge in [-0.05, 0) is 13.8 Å². The van der Waals surface area contributed by atoms with E-state index < -0.39 is 17.9 Å². The lowest BCUT2D eigenvalue weighted by atomic mass is 10.1. The Morgan fingerprint density at radius 3 is 2.15 bits per heavy atom. The van der Waals surface area contributed by atoms with Crippen molar-refractivity contribution in [3.05, 3.63) is 0 Å². The van der Waals surface area contributed by atoms with Crippen molar-refractivity contribution in [1.82, 2.24) is 0 Å². The molecule has 0 rings (SSSR count). The Hall–Kier alpha value is -0.650. The van der Waals surface area contributed by atoms with E-state index in [0.29, 0.717) is 0 Å². The molecule has 5 nitrogen and oxygen atoms in total. The molecule has 0 fully saturated rings. The van der Waals surface area contributed by atoms with Crippen molar-refractivity contribution in [3.63, 3.8) is 0 Å². The van der Waals surface area contributed by atoms with Crippen molar-refractivity contribution in [2.45, 2.75) is 25.7 Å². The van der Waals surface area contributed by atoms with Gasteiger partial charge in [-0.25, -0.2) is 4.79 Å². The van der Waals surface area contributed by atoms with Gasteiger partial charge >= 0.3 is 5.97 Å². The summed E-state index contributed by atoms with van der Waals surface area (Å²) < 4.78 is 14.3. The summed E-state index contributed by atoms with van der Waals surface area (Å²) in [5.74, 6) is -2.44. The van der Waals surface area contributed by atoms with Crippen LogP contribution in [0, 0.1) is 0 Å². The molecular weight excluding hydrogens is 176 g/mol. The van der Waals surface area contributed by atoms with E-state index in [2.05, 4.69) is 0 Å². The number of methoxy groups -OCH3 is 2. The van der Waals surface area contributed by atoms with Crippen LogP contribution in [0.15, 0.2) is 0 Å². The smallest absolute Gasteiger partial charge is 0.369 e. The number of aliphatic hydroxyl groups excluding tert-OH is 1. The van der Waals surface area contributed by atoms with Gasteiger partial charge in [-0.3, -0.25) is 0 Å². The molecule has 1 N–H and O–H groups in total. The van der Waals surface area contributed by atoms with Crippen LogP contribution in [0.2, 0.25) is 0 Å². The fourth-order valence-corrected chi connectivity index (χ4v) is 0.993. The summed E-state index contributed by atoms with van der Waals surface area (Å²) in [7, 11) is 2.54. The summed E-state index contributed by atoms with van der Waals surface area (Å²) in [4.78, 5) is 11.3. The molecule has 5 heteroatoms. The second kappa shape index (κ2) is 5.16. The molecule has 1 unspecified atom stereocenters. The van der Waals surface area contributed by atoms with Crippen molar-refractivity contribution >= 4 is 5.97 Å². The number of hydrogen-bond donors (Lipinski definition) is 1. The summed E-state index contributed by atoms with van der Waals surface area (Å²) in [5, 5.41) is 9.31. The zero-order valence-corrected chi connectivity index (χ0v) is 8.36. The Labute approximate surface area is 77.6 Å².